The zero-order valence-corrected chi connectivity index (χ0v) is 10.9. The van der Waals surface area contributed by atoms with E-state index in [1.807, 2.05) is 0 Å². The molecule has 0 saturated heterocycles. The van der Waals surface area contributed by atoms with Gasteiger partial charge in [0.05, 0.1) is 0 Å². The van der Waals surface area contributed by atoms with E-state index in [-0.39, 0.29) is 4.69 Å². The maximum absolute atomic E-state index is 10.6. The summed E-state index contributed by atoms with van der Waals surface area (Å²) in [6.45, 7) is 2.25. The summed E-state index contributed by atoms with van der Waals surface area (Å²) in [7, 11) is 0. The van der Waals surface area contributed by atoms with E-state index in [9.17, 15) is 4.79 Å². The molecule has 0 aliphatic carbocycles. The fourth-order valence-electron chi connectivity index (χ4n) is 1.57. The number of carbonyl (C=O) groups is 1. The molecule has 0 amide bonds. The average Bonchev–Trinajstić information content (AvgIpc) is 2.15. The smallest absolute Gasteiger partial charge is 0.197 e. The Hall–Kier alpha value is 0.150. The van der Waals surface area contributed by atoms with Crippen molar-refractivity contribution in [2.24, 2.45) is 0 Å². The van der Waals surface area contributed by atoms with Crippen molar-refractivity contribution < 1.29 is 4.79 Å². The molecular weight excluding hydrogens is 240 g/mol. The van der Waals surface area contributed by atoms with Crippen molar-refractivity contribution in [1.29, 1.82) is 0 Å². The SMILES string of the molecule is CCCCCCCCCCCC(=O)Br. The molecule has 0 N–H and O–H groups in total. The molecule has 0 saturated carbocycles. The first kappa shape index (κ1) is 14.2. The minimum atomic E-state index is 0.153. The Balaban J connectivity index is 2.88. The van der Waals surface area contributed by atoms with E-state index in [4.69, 9.17) is 0 Å². The quantitative estimate of drug-likeness (QED) is 0.407. The lowest BCUT2D eigenvalue weighted by Gasteiger charge is -2.00. The molecule has 84 valence electrons. The topological polar surface area (TPSA) is 17.1 Å². The Morgan fingerprint density at radius 2 is 1.29 bits per heavy atom. The van der Waals surface area contributed by atoms with Crippen molar-refractivity contribution in [1.82, 2.24) is 0 Å². The molecule has 14 heavy (non-hydrogen) atoms. The van der Waals surface area contributed by atoms with Crippen molar-refractivity contribution in [2.75, 3.05) is 0 Å². The summed E-state index contributed by atoms with van der Waals surface area (Å²) in [4.78, 5) is 10.6. The van der Waals surface area contributed by atoms with Crippen molar-refractivity contribution in [2.45, 2.75) is 71.1 Å². The second-order valence-electron chi connectivity index (χ2n) is 3.93. The third-order valence-electron chi connectivity index (χ3n) is 2.48. The molecule has 0 bridgehead atoms. The van der Waals surface area contributed by atoms with E-state index < -0.39 is 0 Å². The molecule has 0 atom stereocenters. The molecule has 0 heterocycles. The first-order chi connectivity index (χ1) is 6.77. The highest BCUT2D eigenvalue weighted by atomic mass is 79.9. The minimum Gasteiger partial charge on any atom is -0.287 e. The summed E-state index contributed by atoms with van der Waals surface area (Å²) in [5.74, 6) is 0. The van der Waals surface area contributed by atoms with Gasteiger partial charge in [-0.15, -0.1) is 0 Å². The number of unbranched alkanes of at least 4 members (excludes halogenated alkanes) is 8. The predicted octanol–water partition coefficient (Wildman–Crippen LogP) is 4.83. The Kier molecular flexibility index (Phi) is 11.3. The third kappa shape index (κ3) is 12.2. The van der Waals surface area contributed by atoms with Crippen molar-refractivity contribution in [3.8, 4) is 0 Å². The Bertz CT molecular complexity index is 134. The largest absolute Gasteiger partial charge is 0.287 e. The Morgan fingerprint density at radius 1 is 0.857 bits per heavy atom. The molecule has 2 heteroatoms. The maximum Gasteiger partial charge on any atom is 0.197 e. The molecule has 0 spiro atoms. The molecule has 0 aliphatic heterocycles. The van der Waals surface area contributed by atoms with Gasteiger partial charge in [-0.2, -0.15) is 0 Å². The molecule has 0 aromatic heterocycles. The second kappa shape index (κ2) is 11.2. The highest BCUT2D eigenvalue weighted by Gasteiger charge is 1.95. The van der Waals surface area contributed by atoms with Gasteiger partial charge < -0.3 is 0 Å². The summed E-state index contributed by atoms with van der Waals surface area (Å²) in [5.41, 5.74) is 0. The van der Waals surface area contributed by atoms with Gasteiger partial charge in [0.25, 0.3) is 0 Å². The van der Waals surface area contributed by atoms with Crippen LogP contribution in [0.3, 0.4) is 0 Å². The lowest BCUT2D eigenvalue weighted by molar-refractivity contribution is -0.110. The van der Waals surface area contributed by atoms with Crippen LogP contribution in [0.25, 0.3) is 0 Å². The molecule has 0 aromatic carbocycles. The van der Waals surface area contributed by atoms with E-state index in [1.165, 1.54) is 51.4 Å². The highest BCUT2D eigenvalue weighted by Crippen LogP contribution is 2.11. The third-order valence-corrected chi connectivity index (χ3v) is 2.87. The summed E-state index contributed by atoms with van der Waals surface area (Å²) < 4.78 is 0.153. The van der Waals surface area contributed by atoms with Crippen LogP contribution in [-0.2, 0) is 4.79 Å². The summed E-state index contributed by atoms with van der Waals surface area (Å²) in [6.07, 6.45) is 12.5. The normalized spacial score (nSPS) is 10.4. The number of halogens is 1. The van der Waals surface area contributed by atoms with Gasteiger partial charge >= 0.3 is 0 Å². The molecular formula is C12H23BrO. The van der Waals surface area contributed by atoms with Crippen LogP contribution in [0.15, 0.2) is 0 Å². The van der Waals surface area contributed by atoms with Crippen LogP contribution in [0.1, 0.15) is 71.1 Å². The highest BCUT2D eigenvalue weighted by molar-refractivity contribution is 9.18. The summed E-state index contributed by atoms with van der Waals surface area (Å²) in [5, 5.41) is 0. The first-order valence-corrected chi connectivity index (χ1v) is 6.75. The van der Waals surface area contributed by atoms with E-state index in [2.05, 4.69) is 22.9 Å². The Labute approximate surface area is 96.8 Å². The van der Waals surface area contributed by atoms with E-state index >= 15 is 0 Å². The van der Waals surface area contributed by atoms with Gasteiger partial charge in [-0.1, -0.05) is 58.3 Å². The van der Waals surface area contributed by atoms with Gasteiger partial charge in [0.1, 0.15) is 0 Å². The number of hydrogen-bond acceptors (Lipinski definition) is 1. The van der Waals surface area contributed by atoms with Gasteiger partial charge in [-0.3, -0.25) is 4.79 Å². The first-order valence-electron chi connectivity index (χ1n) is 5.95. The van der Waals surface area contributed by atoms with Crippen LogP contribution in [0.2, 0.25) is 0 Å². The van der Waals surface area contributed by atoms with Crippen LogP contribution < -0.4 is 0 Å². The lowest BCUT2D eigenvalue weighted by atomic mass is 10.1. The fraction of sp³-hybridized carbons (Fsp3) is 0.917. The molecule has 0 fully saturated rings. The van der Waals surface area contributed by atoms with Gasteiger partial charge in [0, 0.05) is 6.42 Å². The van der Waals surface area contributed by atoms with Crippen molar-refractivity contribution in [3.05, 3.63) is 0 Å². The number of hydrogen-bond donors (Lipinski definition) is 0. The zero-order valence-electron chi connectivity index (χ0n) is 9.36. The Morgan fingerprint density at radius 3 is 1.71 bits per heavy atom. The van der Waals surface area contributed by atoms with Crippen LogP contribution in [0.4, 0.5) is 0 Å². The van der Waals surface area contributed by atoms with Gasteiger partial charge in [-0.05, 0) is 22.4 Å². The summed E-state index contributed by atoms with van der Waals surface area (Å²) >= 11 is 2.95. The van der Waals surface area contributed by atoms with Gasteiger partial charge in [0.15, 0.2) is 4.69 Å². The predicted molar refractivity (Wildman–Crippen MR) is 65.8 cm³/mol. The second-order valence-corrected chi connectivity index (χ2v) is 4.82. The number of carbonyl (C=O) groups excluding carboxylic acids is 1. The van der Waals surface area contributed by atoms with E-state index in [0.29, 0.717) is 6.42 Å². The maximum atomic E-state index is 10.6. The van der Waals surface area contributed by atoms with Gasteiger partial charge in [-0.25, -0.2) is 0 Å². The molecule has 1 nitrogen and oxygen atoms in total. The van der Waals surface area contributed by atoms with Crippen molar-refractivity contribution >= 4 is 20.6 Å². The van der Waals surface area contributed by atoms with Crippen molar-refractivity contribution in [3.63, 3.8) is 0 Å². The molecule has 0 aliphatic rings. The zero-order chi connectivity index (χ0) is 10.6. The summed E-state index contributed by atoms with van der Waals surface area (Å²) in [6, 6.07) is 0. The molecule has 0 rings (SSSR count). The molecule has 0 unspecified atom stereocenters. The van der Waals surface area contributed by atoms with E-state index in [0.717, 1.165) is 6.42 Å². The minimum absolute atomic E-state index is 0.153. The van der Waals surface area contributed by atoms with Crippen LogP contribution in [0.5, 0.6) is 0 Å². The lowest BCUT2D eigenvalue weighted by Crippen LogP contribution is -1.86. The molecule has 0 radical (unpaired) electrons. The number of rotatable bonds is 10. The average molecular weight is 263 g/mol. The monoisotopic (exact) mass is 262 g/mol. The van der Waals surface area contributed by atoms with Crippen LogP contribution >= 0.6 is 15.9 Å². The molecule has 0 aromatic rings. The van der Waals surface area contributed by atoms with Crippen LogP contribution in [0, 0.1) is 0 Å². The standard InChI is InChI=1S/C12H23BrO/c1-2-3-4-5-6-7-8-9-10-11-12(13)14/h2-11H2,1H3. The van der Waals surface area contributed by atoms with Gasteiger partial charge in [0.2, 0.25) is 0 Å². The fourth-order valence-corrected chi connectivity index (χ4v) is 1.86. The van der Waals surface area contributed by atoms with E-state index in [1.54, 1.807) is 0 Å². The van der Waals surface area contributed by atoms with Crippen LogP contribution in [-0.4, -0.2) is 4.69 Å².